The van der Waals surface area contributed by atoms with E-state index in [4.69, 9.17) is 4.42 Å². The predicted octanol–water partition coefficient (Wildman–Crippen LogP) is 1.82. The second kappa shape index (κ2) is 5.37. The van der Waals surface area contributed by atoms with Crippen LogP contribution in [0.1, 0.15) is 29.4 Å². The van der Waals surface area contributed by atoms with E-state index in [0.29, 0.717) is 6.54 Å². The van der Waals surface area contributed by atoms with Gasteiger partial charge in [0, 0.05) is 45.4 Å². The molecule has 6 nitrogen and oxygen atoms in total. The maximum Gasteiger partial charge on any atom is 0.226 e. The minimum Gasteiger partial charge on any atom is -0.469 e. The fourth-order valence-electron chi connectivity index (χ4n) is 3.24. The quantitative estimate of drug-likeness (QED) is 0.865. The van der Waals surface area contributed by atoms with Gasteiger partial charge < -0.3 is 14.2 Å². The average molecular weight is 312 g/mol. The van der Waals surface area contributed by atoms with E-state index in [1.165, 1.54) is 0 Å². The zero-order valence-electron chi connectivity index (χ0n) is 13.4. The first-order valence-electron chi connectivity index (χ1n) is 7.98. The van der Waals surface area contributed by atoms with Gasteiger partial charge in [-0.15, -0.1) is 5.10 Å². The summed E-state index contributed by atoms with van der Waals surface area (Å²) in [6.45, 7) is 1.36. The van der Waals surface area contributed by atoms with Crippen LogP contribution in [0.15, 0.2) is 28.9 Å². The van der Waals surface area contributed by atoms with Gasteiger partial charge in [0.1, 0.15) is 5.76 Å². The highest BCUT2D eigenvalue weighted by atomic mass is 16.3. The second-order valence-electron chi connectivity index (χ2n) is 6.54. The van der Waals surface area contributed by atoms with Crippen LogP contribution in [0.2, 0.25) is 0 Å². The van der Waals surface area contributed by atoms with Crippen molar-refractivity contribution in [2.45, 2.75) is 25.3 Å². The molecule has 2 atom stereocenters. The number of amides is 1. The van der Waals surface area contributed by atoms with Crippen molar-refractivity contribution in [2.24, 2.45) is 5.92 Å². The number of hydrogen-bond donors (Lipinski definition) is 0. The maximum absolute atomic E-state index is 12.7. The molecule has 1 fully saturated rings. The zero-order valence-corrected chi connectivity index (χ0v) is 13.4. The topological polar surface area (TPSA) is 62.5 Å². The Morgan fingerprint density at radius 1 is 1.39 bits per heavy atom. The van der Waals surface area contributed by atoms with Gasteiger partial charge in [-0.2, -0.15) is 5.10 Å². The van der Waals surface area contributed by atoms with Crippen LogP contribution in [0, 0.1) is 5.92 Å². The summed E-state index contributed by atoms with van der Waals surface area (Å²) in [5.74, 6) is 2.33. The molecule has 3 heterocycles. The van der Waals surface area contributed by atoms with Gasteiger partial charge in [-0.1, -0.05) is 0 Å². The Bertz CT molecular complexity index is 726. The van der Waals surface area contributed by atoms with Crippen LogP contribution < -0.4 is 4.90 Å². The molecule has 4 rings (SSSR count). The van der Waals surface area contributed by atoms with Crippen molar-refractivity contribution in [2.75, 3.05) is 25.5 Å². The Labute approximate surface area is 135 Å². The molecule has 0 spiro atoms. The molecule has 1 amide bonds. The molecule has 0 aromatic carbocycles. The molecule has 6 heteroatoms. The summed E-state index contributed by atoms with van der Waals surface area (Å²) < 4.78 is 5.43. The van der Waals surface area contributed by atoms with Crippen molar-refractivity contribution in [3.8, 4) is 0 Å². The third-order valence-electron chi connectivity index (χ3n) is 4.71. The van der Waals surface area contributed by atoms with Gasteiger partial charge in [-0.05, 0) is 30.2 Å². The molecule has 0 bridgehead atoms. The number of hydrogen-bond acceptors (Lipinski definition) is 5. The van der Waals surface area contributed by atoms with Crippen molar-refractivity contribution in [3.05, 3.63) is 41.5 Å². The molecule has 2 aromatic rings. The normalized spacial score (nSPS) is 22.6. The van der Waals surface area contributed by atoms with Crippen LogP contribution in [0.25, 0.3) is 0 Å². The van der Waals surface area contributed by atoms with Crippen LogP contribution in [0.3, 0.4) is 0 Å². The first-order valence-corrected chi connectivity index (χ1v) is 7.98. The standard InChI is InChI=1S/C17H20N4O2/c1-20(2)16-8-11-10-21(6-5-14(11)18-19-16)17(22)13-9-12(13)15-4-3-7-23-15/h3-4,7-8,12-13H,5-6,9-10H2,1-2H3/t12-,13+/m1/s1. The van der Waals surface area contributed by atoms with E-state index in [2.05, 4.69) is 10.2 Å². The summed E-state index contributed by atoms with van der Waals surface area (Å²) in [6.07, 6.45) is 3.35. The number of anilines is 1. The molecule has 23 heavy (non-hydrogen) atoms. The van der Waals surface area contributed by atoms with Gasteiger partial charge in [0.05, 0.1) is 12.0 Å². The fourth-order valence-corrected chi connectivity index (χ4v) is 3.24. The molecule has 0 N–H and O–H groups in total. The van der Waals surface area contributed by atoms with E-state index in [-0.39, 0.29) is 17.7 Å². The van der Waals surface area contributed by atoms with Gasteiger partial charge in [-0.25, -0.2) is 0 Å². The summed E-state index contributed by atoms with van der Waals surface area (Å²) in [7, 11) is 3.89. The van der Waals surface area contributed by atoms with Crippen LogP contribution in [0.4, 0.5) is 5.82 Å². The highest BCUT2D eigenvalue weighted by Gasteiger charge is 2.47. The van der Waals surface area contributed by atoms with Gasteiger partial charge >= 0.3 is 0 Å². The molecule has 0 saturated heterocycles. The lowest BCUT2D eigenvalue weighted by Gasteiger charge is -2.28. The van der Waals surface area contributed by atoms with E-state index in [1.807, 2.05) is 42.1 Å². The van der Waals surface area contributed by atoms with E-state index in [9.17, 15) is 4.79 Å². The van der Waals surface area contributed by atoms with Crippen LogP contribution in [-0.4, -0.2) is 41.6 Å². The average Bonchev–Trinajstić information content (AvgIpc) is 3.17. The molecular formula is C17H20N4O2. The summed E-state index contributed by atoms with van der Waals surface area (Å²) in [4.78, 5) is 16.6. The third-order valence-corrected chi connectivity index (χ3v) is 4.71. The number of furan rings is 1. The lowest BCUT2D eigenvalue weighted by atomic mass is 10.1. The number of carbonyl (C=O) groups excluding carboxylic acids is 1. The zero-order chi connectivity index (χ0) is 16.0. The van der Waals surface area contributed by atoms with Gasteiger partial charge in [0.25, 0.3) is 0 Å². The molecule has 0 radical (unpaired) electrons. The summed E-state index contributed by atoms with van der Waals surface area (Å²) in [5, 5.41) is 8.52. The Kier molecular flexibility index (Phi) is 3.32. The van der Waals surface area contributed by atoms with Crippen LogP contribution in [-0.2, 0) is 17.8 Å². The van der Waals surface area contributed by atoms with Gasteiger partial charge in [0.2, 0.25) is 5.91 Å². The van der Waals surface area contributed by atoms with Gasteiger partial charge in [-0.3, -0.25) is 4.79 Å². The summed E-state index contributed by atoms with van der Waals surface area (Å²) in [5.41, 5.74) is 2.12. The highest BCUT2D eigenvalue weighted by molar-refractivity contribution is 5.83. The minimum absolute atomic E-state index is 0.0748. The van der Waals surface area contributed by atoms with Crippen LogP contribution >= 0.6 is 0 Å². The van der Waals surface area contributed by atoms with E-state index >= 15 is 0 Å². The largest absolute Gasteiger partial charge is 0.469 e. The second-order valence-corrected chi connectivity index (χ2v) is 6.54. The maximum atomic E-state index is 12.7. The Hall–Kier alpha value is -2.37. The first kappa shape index (κ1) is 14.2. The van der Waals surface area contributed by atoms with E-state index in [0.717, 1.165) is 42.2 Å². The third kappa shape index (κ3) is 2.58. The predicted molar refractivity (Wildman–Crippen MR) is 85.0 cm³/mol. The molecule has 1 aliphatic heterocycles. The molecule has 1 aliphatic carbocycles. The Morgan fingerprint density at radius 3 is 3.00 bits per heavy atom. The molecule has 2 aromatic heterocycles. The monoisotopic (exact) mass is 312 g/mol. The molecular weight excluding hydrogens is 292 g/mol. The van der Waals surface area contributed by atoms with Crippen molar-refractivity contribution < 1.29 is 9.21 Å². The molecule has 0 unspecified atom stereocenters. The number of rotatable bonds is 3. The fraction of sp³-hybridized carbons (Fsp3) is 0.471. The van der Waals surface area contributed by atoms with E-state index < -0.39 is 0 Å². The summed E-state index contributed by atoms with van der Waals surface area (Å²) >= 11 is 0. The Morgan fingerprint density at radius 2 is 2.26 bits per heavy atom. The number of carbonyl (C=O) groups is 1. The molecule has 2 aliphatic rings. The SMILES string of the molecule is CN(C)c1cc2c(nn1)CCN(C(=O)[C@H]1C[C@H]1c1ccco1)C2. The van der Waals surface area contributed by atoms with E-state index in [1.54, 1.807) is 6.26 Å². The summed E-state index contributed by atoms with van der Waals surface area (Å²) in [6, 6.07) is 5.88. The van der Waals surface area contributed by atoms with Crippen LogP contribution in [0.5, 0.6) is 0 Å². The van der Waals surface area contributed by atoms with Crippen molar-refractivity contribution in [3.63, 3.8) is 0 Å². The lowest BCUT2D eigenvalue weighted by molar-refractivity contribution is -0.133. The van der Waals surface area contributed by atoms with Crippen molar-refractivity contribution in [1.29, 1.82) is 0 Å². The van der Waals surface area contributed by atoms with Crippen molar-refractivity contribution in [1.82, 2.24) is 15.1 Å². The Balaban J connectivity index is 1.47. The van der Waals surface area contributed by atoms with Crippen molar-refractivity contribution >= 4 is 11.7 Å². The lowest BCUT2D eigenvalue weighted by Crippen LogP contribution is -2.37. The number of nitrogens with zero attached hydrogens (tertiary/aromatic N) is 4. The highest BCUT2D eigenvalue weighted by Crippen LogP contribution is 2.48. The number of fused-ring (bicyclic) bond motifs is 1. The molecule has 120 valence electrons. The number of aromatic nitrogens is 2. The first-order chi connectivity index (χ1) is 11.1. The minimum atomic E-state index is 0.0748. The smallest absolute Gasteiger partial charge is 0.226 e. The van der Waals surface area contributed by atoms with Gasteiger partial charge in [0.15, 0.2) is 5.82 Å². The molecule has 1 saturated carbocycles.